The maximum Gasteiger partial charge on any atom is 0.326 e. The molecule has 7 nitrogen and oxygen atoms in total. The predicted molar refractivity (Wildman–Crippen MR) is 72.0 cm³/mol. The van der Waals surface area contributed by atoms with Crippen LogP contribution in [-0.4, -0.2) is 27.9 Å². The van der Waals surface area contributed by atoms with Crippen molar-refractivity contribution in [2.75, 3.05) is 0 Å². The van der Waals surface area contributed by atoms with Crippen LogP contribution in [-0.2, 0) is 9.59 Å². The van der Waals surface area contributed by atoms with Gasteiger partial charge < -0.3 is 10.4 Å². The largest absolute Gasteiger partial charge is 0.480 e. The number of carbonyl (C=O) groups is 2. The number of carbonyl (C=O) groups excluding carboxylic acids is 1. The molecule has 1 aromatic rings. The smallest absolute Gasteiger partial charge is 0.326 e. The van der Waals surface area contributed by atoms with Crippen molar-refractivity contribution in [3.05, 3.63) is 46.0 Å². The number of nitro groups is 1. The first-order valence-corrected chi connectivity index (χ1v) is 5.90. The second-order valence-electron chi connectivity index (χ2n) is 3.99. The fraction of sp³-hybridized carbons (Fsp3) is 0.231. The molecule has 0 aliphatic carbocycles. The Bertz CT molecular complexity index is 536. The van der Waals surface area contributed by atoms with Gasteiger partial charge in [0.25, 0.3) is 5.69 Å². The molecule has 0 fully saturated rings. The van der Waals surface area contributed by atoms with Gasteiger partial charge in [0.05, 0.1) is 4.92 Å². The lowest BCUT2D eigenvalue weighted by molar-refractivity contribution is -0.384. The van der Waals surface area contributed by atoms with Crippen molar-refractivity contribution in [1.29, 1.82) is 0 Å². The van der Waals surface area contributed by atoms with E-state index in [-0.39, 0.29) is 12.1 Å². The summed E-state index contributed by atoms with van der Waals surface area (Å²) in [7, 11) is 0. The third-order valence-corrected chi connectivity index (χ3v) is 2.55. The topological polar surface area (TPSA) is 110 Å². The van der Waals surface area contributed by atoms with Gasteiger partial charge >= 0.3 is 5.97 Å². The Morgan fingerprint density at radius 1 is 1.40 bits per heavy atom. The van der Waals surface area contributed by atoms with E-state index in [1.54, 1.807) is 6.92 Å². The average molecular weight is 278 g/mol. The monoisotopic (exact) mass is 278 g/mol. The van der Waals surface area contributed by atoms with Gasteiger partial charge in [0.1, 0.15) is 6.04 Å². The Labute approximate surface area is 115 Å². The minimum absolute atomic E-state index is 0.0384. The SMILES string of the molecule is CC[C@H](NC(=O)/C=C/c1ccc([N+](=O)[O-])cc1)C(=O)O. The molecule has 0 saturated carbocycles. The first-order valence-electron chi connectivity index (χ1n) is 5.90. The number of amides is 1. The van der Waals surface area contributed by atoms with Crippen LogP contribution in [0.4, 0.5) is 5.69 Å². The molecule has 0 aromatic heterocycles. The quantitative estimate of drug-likeness (QED) is 0.466. The summed E-state index contributed by atoms with van der Waals surface area (Å²) in [5.41, 5.74) is 0.567. The molecule has 0 bridgehead atoms. The van der Waals surface area contributed by atoms with Crippen LogP contribution in [0.3, 0.4) is 0 Å². The lowest BCUT2D eigenvalue weighted by Crippen LogP contribution is -2.39. The number of nitro benzene ring substituents is 1. The molecular formula is C13H14N2O5. The highest BCUT2D eigenvalue weighted by molar-refractivity contribution is 5.94. The van der Waals surface area contributed by atoms with E-state index in [9.17, 15) is 19.7 Å². The Hall–Kier alpha value is -2.70. The average Bonchev–Trinajstić information content (AvgIpc) is 2.42. The van der Waals surface area contributed by atoms with E-state index >= 15 is 0 Å². The van der Waals surface area contributed by atoms with Crippen LogP contribution in [0.15, 0.2) is 30.3 Å². The van der Waals surface area contributed by atoms with Gasteiger partial charge in [-0.15, -0.1) is 0 Å². The summed E-state index contributed by atoms with van der Waals surface area (Å²) < 4.78 is 0. The maximum absolute atomic E-state index is 11.5. The highest BCUT2D eigenvalue weighted by atomic mass is 16.6. The van der Waals surface area contributed by atoms with Crippen LogP contribution >= 0.6 is 0 Å². The van der Waals surface area contributed by atoms with E-state index in [1.807, 2.05) is 0 Å². The molecule has 0 aliphatic rings. The minimum atomic E-state index is -1.09. The van der Waals surface area contributed by atoms with E-state index in [1.165, 1.54) is 36.4 Å². The molecule has 1 amide bonds. The van der Waals surface area contributed by atoms with Gasteiger partial charge in [0.15, 0.2) is 0 Å². The van der Waals surface area contributed by atoms with E-state index < -0.39 is 22.8 Å². The number of carboxylic acid groups (broad SMARTS) is 1. The third-order valence-electron chi connectivity index (χ3n) is 2.55. The zero-order valence-corrected chi connectivity index (χ0v) is 10.8. The second-order valence-corrected chi connectivity index (χ2v) is 3.99. The number of benzene rings is 1. The van der Waals surface area contributed by atoms with Crippen molar-refractivity contribution in [2.24, 2.45) is 0 Å². The maximum atomic E-state index is 11.5. The van der Waals surface area contributed by atoms with Gasteiger partial charge in [-0.3, -0.25) is 14.9 Å². The van der Waals surface area contributed by atoms with Crippen molar-refractivity contribution in [3.63, 3.8) is 0 Å². The summed E-state index contributed by atoms with van der Waals surface area (Å²) in [6, 6.07) is 4.71. The fourth-order valence-electron chi connectivity index (χ4n) is 1.44. The Morgan fingerprint density at radius 2 is 2.00 bits per heavy atom. The molecular weight excluding hydrogens is 264 g/mol. The minimum Gasteiger partial charge on any atom is -0.480 e. The van der Waals surface area contributed by atoms with Gasteiger partial charge in [0, 0.05) is 18.2 Å². The zero-order chi connectivity index (χ0) is 15.1. The summed E-state index contributed by atoms with van der Waals surface area (Å²) in [5, 5.41) is 21.6. The van der Waals surface area contributed by atoms with Gasteiger partial charge in [-0.2, -0.15) is 0 Å². The van der Waals surface area contributed by atoms with E-state index in [0.29, 0.717) is 5.56 Å². The molecule has 1 aromatic carbocycles. The van der Waals surface area contributed by atoms with Gasteiger partial charge in [-0.1, -0.05) is 6.92 Å². The number of non-ortho nitro benzene ring substituents is 1. The third kappa shape index (κ3) is 4.52. The van der Waals surface area contributed by atoms with Crippen LogP contribution in [0, 0.1) is 10.1 Å². The number of nitrogens with one attached hydrogen (secondary N) is 1. The lowest BCUT2D eigenvalue weighted by Gasteiger charge is -2.09. The van der Waals surface area contributed by atoms with E-state index in [2.05, 4.69) is 5.32 Å². The van der Waals surface area contributed by atoms with Gasteiger partial charge in [0.2, 0.25) is 5.91 Å². The van der Waals surface area contributed by atoms with Crippen LogP contribution < -0.4 is 5.32 Å². The molecule has 20 heavy (non-hydrogen) atoms. The lowest BCUT2D eigenvalue weighted by atomic mass is 10.2. The Morgan fingerprint density at radius 3 is 2.45 bits per heavy atom. The molecule has 0 aliphatic heterocycles. The number of aliphatic carboxylic acids is 1. The van der Waals surface area contributed by atoms with Crippen molar-refractivity contribution >= 4 is 23.6 Å². The highest BCUT2D eigenvalue weighted by Crippen LogP contribution is 2.12. The molecule has 1 atom stereocenters. The Kier molecular flexibility index (Phi) is 5.40. The van der Waals surface area contributed by atoms with E-state index in [4.69, 9.17) is 5.11 Å². The van der Waals surface area contributed by atoms with Crippen LogP contribution in [0.25, 0.3) is 6.08 Å². The summed E-state index contributed by atoms with van der Waals surface area (Å²) in [5.74, 6) is -1.62. The molecule has 0 radical (unpaired) electrons. The zero-order valence-electron chi connectivity index (χ0n) is 10.8. The second kappa shape index (κ2) is 7.03. The molecule has 1 rings (SSSR count). The summed E-state index contributed by atoms with van der Waals surface area (Å²) in [4.78, 5) is 32.2. The standard InChI is InChI=1S/C13H14N2O5/c1-2-11(13(17)18)14-12(16)8-5-9-3-6-10(7-4-9)15(19)20/h3-8,11H,2H2,1H3,(H,14,16)(H,17,18)/b8-5+/t11-/m0/s1. The van der Waals surface area contributed by atoms with Crippen LogP contribution in [0.2, 0.25) is 0 Å². The highest BCUT2D eigenvalue weighted by Gasteiger charge is 2.15. The molecule has 0 saturated heterocycles. The first-order chi connectivity index (χ1) is 9.43. The van der Waals surface area contributed by atoms with Crippen molar-refractivity contribution in [3.8, 4) is 0 Å². The normalized spacial score (nSPS) is 12.1. The van der Waals surface area contributed by atoms with Crippen molar-refractivity contribution in [2.45, 2.75) is 19.4 Å². The van der Waals surface area contributed by atoms with Crippen molar-refractivity contribution < 1.29 is 19.6 Å². The summed E-state index contributed by atoms with van der Waals surface area (Å²) >= 11 is 0. The number of hydrogen-bond acceptors (Lipinski definition) is 4. The van der Waals surface area contributed by atoms with Gasteiger partial charge in [-0.05, 0) is 30.2 Å². The van der Waals surface area contributed by atoms with E-state index in [0.717, 1.165) is 0 Å². The van der Waals surface area contributed by atoms with Gasteiger partial charge in [-0.25, -0.2) is 4.79 Å². The number of nitrogens with zero attached hydrogens (tertiary/aromatic N) is 1. The summed E-state index contributed by atoms with van der Waals surface area (Å²) in [6.07, 6.45) is 2.92. The summed E-state index contributed by atoms with van der Waals surface area (Å²) in [6.45, 7) is 1.65. The Balaban J connectivity index is 2.65. The van der Waals surface area contributed by atoms with Crippen LogP contribution in [0.5, 0.6) is 0 Å². The number of carboxylic acids is 1. The molecule has 106 valence electrons. The number of rotatable bonds is 6. The molecule has 0 heterocycles. The molecule has 0 spiro atoms. The number of hydrogen-bond donors (Lipinski definition) is 2. The molecule has 2 N–H and O–H groups in total. The molecule has 7 heteroatoms. The van der Waals surface area contributed by atoms with Crippen LogP contribution in [0.1, 0.15) is 18.9 Å². The first kappa shape index (κ1) is 15.4. The van der Waals surface area contributed by atoms with Crippen molar-refractivity contribution in [1.82, 2.24) is 5.32 Å². The molecule has 0 unspecified atom stereocenters. The predicted octanol–water partition coefficient (Wildman–Crippen LogP) is 1.59. The fourth-order valence-corrected chi connectivity index (χ4v) is 1.44.